The van der Waals surface area contributed by atoms with E-state index in [2.05, 4.69) is 15.5 Å². The number of hydrogen-bond acceptors (Lipinski definition) is 3. The summed E-state index contributed by atoms with van der Waals surface area (Å²) in [6.07, 6.45) is 6.55. The van der Waals surface area contributed by atoms with Gasteiger partial charge in [0.25, 0.3) is 0 Å². The topological polar surface area (TPSA) is 61.4 Å². The third kappa shape index (κ3) is 3.47. The molecule has 2 rings (SSSR count). The van der Waals surface area contributed by atoms with Gasteiger partial charge in [0.1, 0.15) is 0 Å². The van der Waals surface area contributed by atoms with E-state index in [0.717, 1.165) is 24.9 Å². The Morgan fingerprint density at radius 2 is 1.84 bits per heavy atom. The van der Waals surface area contributed by atoms with Crippen LogP contribution >= 0.6 is 0 Å². The molecule has 1 aliphatic carbocycles. The Morgan fingerprint density at radius 3 is 2.53 bits per heavy atom. The van der Waals surface area contributed by atoms with Crippen LogP contribution in [-0.4, -0.2) is 43.0 Å². The van der Waals surface area contributed by atoms with E-state index in [0.29, 0.717) is 0 Å². The summed E-state index contributed by atoms with van der Waals surface area (Å²) >= 11 is 0. The molecule has 1 heterocycles. The molecule has 2 aliphatic rings. The highest BCUT2D eigenvalue weighted by Gasteiger charge is 2.34. The van der Waals surface area contributed by atoms with Crippen molar-refractivity contribution in [2.75, 3.05) is 20.1 Å². The Morgan fingerprint density at radius 1 is 1.16 bits per heavy atom. The fraction of sp³-hybridized carbons (Fsp3) is 0.857. The number of carbonyl (C=O) groups excluding carboxylic acids is 2. The molecule has 5 nitrogen and oxygen atoms in total. The molecule has 2 N–H and O–H groups in total. The van der Waals surface area contributed by atoms with Crippen LogP contribution in [0.5, 0.6) is 0 Å². The fourth-order valence-corrected chi connectivity index (χ4v) is 3.43. The normalized spacial score (nSPS) is 29.2. The molecule has 0 aromatic carbocycles. The lowest BCUT2D eigenvalue weighted by Crippen LogP contribution is -2.53. The molecule has 0 aromatic heterocycles. The molecule has 1 saturated carbocycles. The molecule has 3 atom stereocenters. The number of rotatable bonds is 2. The van der Waals surface area contributed by atoms with Gasteiger partial charge in [-0.3, -0.25) is 15.0 Å². The van der Waals surface area contributed by atoms with Crippen LogP contribution in [0.4, 0.5) is 4.79 Å². The molecule has 5 heteroatoms. The van der Waals surface area contributed by atoms with Crippen LogP contribution in [0.15, 0.2) is 0 Å². The van der Waals surface area contributed by atoms with Gasteiger partial charge in [-0.15, -0.1) is 0 Å². The van der Waals surface area contributed by atoms with Crippen molar-refractivity contribution in [2.24, 2.45) is 11.8 Å². The van der Waals surface area contributed by atoms with E-state index in [1.54, 1.807) is 0 Å². The predicted octanol–water partition coefficient (Wildman–Crippen LogP) is 1.34. The van der Waals surface area contributed by atoms with Gasteiger partial charge in [0.05, 0.1) is 6.04 Å². The Balaban J connectivity index is 1.87. The van der Waals surface area contributed by atoms with Gasteiger partial charge >= 0.3 is 6.03 Å². The standard InChI is InChI=1S/C14H25N3O2/c1-10(13(18)16-14(19)15-2)17-8-7-11-5-3-4-6-12(11)9-17/h10-12H,3-9H2,1-2H3,(H2,15,16,18,19)/t10-,11-,12+/m0/s1. The number of hydrogen-bond donors (Lipinski definition) is 2. The monoisotopic (exact) mass is 267 g/mol. The van der Waals surface area contributed by atoms with Crippen molar-refractivity contribution in [3.05, 3.63) is 0 Å². The molecule has 108 valence electrons. The second kappa shape index (κ2) is 6.37. The molecule has 2 fully saturated rings. The second-order valence-electron chi connectivity index (χ2n) is 5.83. The van der Waals surface area contributed by atoms with Gasteiger partial charge < -0.3 is 5.32 Å². The van der Waals surface area contributed by atoms with Crippen LogP contribution < -0.4 is 10.6 Å². The van der Waals surface area contributed by atoms with Gasteiger partial charge in [0.15, 0.2) is 0 Å². The van der Waals surface area contributed by atoms with E-state index in [9.17, 15) is 9.59 Å². The average Bonchev–Trinajstić information content (AvgIpc) is 2.45. The molecule has 0 unspecified atom stereocenters. The van der Waals surface area contributed by atoms with Gasteiger partial charge in [0, 0.05) is 13.6 Å². The smallest absolute Gasteiger partial charge is 0.321 e. The first kappa shape index (κ1) is 14.3. The van der Waals surface area contributed by atoms with Gasteiger partial charge in [-0.1, -0.05) is 19.3 Å². The van der Waals surface area contributed by atoms with E-state index in [4.69, 9.17) is 0 Å². The van der Waals surface area contributed by atoms with E-state index in [-0.39, 0.29) is 11.9 Å². The summed E-state index contributed by atoms with van der Waals surface area (Å²) in [5.74, 6) is 1.41. The first-order valence-electron chi connectivity index (χ1n) is 7.38. The molecule has 3 amide bonds. The molecule has 0 spiro atoms. The summed E-state index contributed by atoms with van der Waals surface area (Å²) in [7, 11) is 1.51. The highest BCUT2D eigenvalue weighted by molar-refractivity contribution is 5.96. The highest BCUT2D eigenvalue weighted by Crippen LogP contribution is 2.36. The maximum atomic E-state index is 12.0. The van der Waals surface area contributed by atoms with Gasteiger partial charge in [-0.2, -0.15) is 0 Å². The number of likely N-dealkylation sites (tertiary alicyclic amines) is 1. The minimum absolute atomic E-state index is 0.200. The Hall–Kier alpha value is -1.10. The van der Waals surface area contributed by atoms with E-state index in [1.807, 2.05) is 6.92 Å². The van der Waals surface area contributed by atoms with Crippen molar-refractivity contribution in [1.82, 2.24) is 15.5 Å². The summed E-state index contributed by atoms with van der Waals surface area (Å²) in [5, 5.41) is 4.78. The molecule has 0 aromatic rings. The lowest BCUT2D eigenvalue weighted by molar-refractivity contribution is -0.126. The van der Waals surface area contributed by atoms with Crippen LogP contribution in [0.2, 0.25) is 0 Å². The molecular weight excluding hydrogens is 242 g/mol. The molecule has 19 heavy (non-hydrogen) atoms. The fourth-order valence-electron chi connectivity index (χ4n) is 3.43. The van der Waals surface area contributed by atoms with Crippen molar-refractivity contribution < 1.29 is 9.59 Å². The molecular formula is C14H25N3O2. The predicted molar refractivity (Wildman–Crippen MR) is 73.7 cm³/mol. The molecule has 0 bridgehead atoms. The molecule has 1 saturated heterocycles. The third-order valence-electron chi connectivity index (χ3n) is 4.71. The first-order valence-corrected chi connectivity index (χ1v) is 7.38. The average molecular weight is 267 g/mol. The Kier molecular flexibility index (Phi) is 4.80. The number of fused-ring (bicyclic) bond motifs is 1. The number of nitrogens with zero attached hydrogens (tertiary/aromatic N) is 1. The lowest BCUT2D eigenvalue weighted by Gasteiger charge is -2.43. The maximum absolute atomic E-state index is 12.0. The zero-order chi connectivity index (χ0) is 13.8. The van der Waals surface area contributed by atoms with E-state index >= 15 is 0 Å². The number of nitrogens with one attached hydrogen (secondary N) is 2. The zero-order valence-corrected chi connectivity index (χ0v) is 11.9. The zero-order valence-electron chi connectivity index (χ0n) is 11.9. The first-order chi connectivity index (χ1) is 9.11. The third-order valence-corrected chi connectivity index (χ3v) is 4.71. The van der Waals surface area contributed by atoms with Crippen LogP contribution in [0.1, 0.15) is 39.0 Å². The molecule has 0 radical (unpaired) electrons. The largest absolute Gasteiger partial charge is 0.341 e. The summed E-state index contributed by atoms with van der Waals surface area (Å²) < 4.78 is 0. The van der Waals surface area contributed by atoms with Gasteiger partial charge in [0.2, 0.25) is 5.91 Å². The maximum Gasteiger partial charge on any atom is 0.321 e. The minimum Gasteiger partial charge on any atom is -0.341 e. The Bertz CT molecular complexity index is 346. The number of piperidine rings is 1. The number of amides is 3. The minimum atomic E-state index is -0.426. The second-order valence-corrected chi connectivity index (χ2v) is 5.83. The summed E-state index contributed by atoms with van der Waals surface area (Å²) in [6, 6.07) is -0.649. The van der Waals surface area contributed by atoms with Crippen LogP contribution in [0.25, 0.3) is 0 Å². The summed E-state index contributed by atoms with van der Waals surface area (Å²) in [6.45, 7) is 3.87. The van der Waals surface area contributed by atoms with Crippen molar-refractivity contribution >= 4 is 11.9 Å². The summed E-state index contributed by atoms with van der Waals surface area (Å²) in [5.41, 5.74) is 0. The van der Waals surface area contributed by atoms with Crippen LogP contribution in [-0.2, 0) is 4.79 Å². The van der Waals surface area contributed by atoms with Gasteiger partial charge in [-0.25, -0.2) is 4.79 Å². The van der Waals surface area contributed by atoms with Crippen molar-refractivity contribution in [2.45, 2.75) is 45.1 Å². The lowest BCUT2D eigenvalue weighted by atomic mass is 9.75. The Labute approximate surface area is 115 Å². The number of carbonyl (C=O) groups is 2. The van der Waals surface area contributed by atoms with Gasteiger partial charge in [-0.05, 0) is 38.1 Å². The van der Waals surface area contributed by atoms with Crippen LogP contribution in [0.3, 0.4) is 0 Å². The summed E-state index contributed by atoms with van der Waals surface area (Å²) in [4.78, 5) is 25.4. The molecule has 1 aliphatic heterocycles. The quantitative estimate of drug-likeness (QED) is 0.794. The van der Waals surface area contributed by atoms with Crippen LogP contribution in [0, 0.1) is 11.8 Å². The number of urea groups is 1. The SMILES string of the molecule is CNC(=O)NC(=O)[C@H](C)N1CC[C@@H]2CCCC[C@@H]2C1. The van der Waals surface area contributed by atoms with Crippen molar-refractivity contribution in [3.63, 3.8) is 0 Å². The number of imide groups is 1. The van der Waals surface area contributed by atoms with Crippen molar-refractivity contribution in [1.29, 1.82) is 0 Å². The van der Waals surface area contributed by atoms with E-state index in [1.165, 1.54) is 39.2 Å². The van der Waals surface area contributed by atoms with E-state index < -0.39 is 6.03 Å². The highest BCUT2D eigenvalue weighted by atomic mass is 16.2. The van der Waals surface area contributed by atoms with Crippen molar-refractivity contribution in [3.8, 4) is 0 Å².